The topological polar surface area (TPSA) is 90.0 Å². The van der Waals surface area contributed by atoms with Crippen molar-refractivity contribution in [3.8, 4) is 0 Å². The average Bonchev–Trinajstić information content (AvgIpc) is 2.47. The van der Waals surface area contributed by atoms with Crippen LogP contribution in [0, 0.1) is 0 Å². The van der Waals surface area contributed by atoms with Crippen molar-refractivity contribution in [2.75, 3.05) is 10.5 Å². The number of thiocarbonyl (C=S) groups is 1. The summed E-state index contributed by atoms with van der Waals surface area (Å²) in [7, 11) is -1.74. The van der Waals surface area contributed by atoms with Gasteiger partial charge < -0.3 is 5.73 Å². The lowest BCUT2D eigenvalue weighted by atomic mass is 10.3. The maximum atomic E-state index is 11.6. The first-order valence-electron chi connectivity index (χ1n) is 4.69. The molecule has 0 aliphatic heterocycles. The van der Waals surface area contributed by atoms with Gasteiger partial charge in [-0.3, -0.25) is 9.40 Å². The molecule has 0 saturated carbocycles. The summed E-state index contributed by atoms with van der Waals surface area (Å²) in [6, 6.07) is 0. The number of nitrogens with two attached hydrogens (primary N) is 1. The molecular weight excluding hydrogens is 248 g/mol. The molecule has 16 heavy (non-hydrogen) atoms. The Balaban J connectivity index is 3.05. The van der Waals surface area contributed by atoms with Crippen LogP contribution in [0.1, 0.15) is 18.9 Å². The van der Waals surface area contributed by atoms with Crippen LogP contribution in [0.5, 0.6) is 0 Å². The summed E-state index contributed by atoms with van der Waals surface area (Å²) in [5.41, 5.74) is 5.89. The molecule has 0 fully saturated rings. The van der Waals surface area contributed by atoms with E-state index in [1.807, 2.05) is 0 Å². The van der Waals surface area contributed by atoms with Gasteiger partial charge in [0.05, 0.1) is 17.5 Å². The molecule has 8 heteroatoms. The van der Waals surface area contributed by atoms with E-state index in [1.54, 1.807) is 14.0 Å². The van der Waals surface area contributed by atoms with Gasteiger partial charge in [-0.05, 0) is 6.42 Å². The lowest BCUT2D eigenvalue weighted by molar-refractivity contribution is 0.599. The molecule has 0 spiro atoms. The van der Waals surface area contributed by atoms with Gasteiger partial charge in [0.1, 0.15) is 10.8 Å². The fraction of sp³-hybridized carbons (Fsp3) is 0.500. The van der Waals surface area contributed by atoms with Crippen molar-refractivity contribution in [3.05, 3.63) is 11.8 Å². The van der Waals surface area contributed by atoms with Crippen LogP contribution < -0.4 is 10.5 Å². The van der Waals surface area contributed by atoms with Crippen molar-refractivity contribution < 1.29 is 8.42 Å². The highest BCUT2D eigenvalue weighted by atomic mass is 32.2. The number of hydrogen-bond acceptors (Lipinski definition) is 4. The van der Waals surface area contributed by atoms with Gasteiger partial charge in [0.2, 0.25) is 10.0 Å². The Morgan fingerprint density at radius 1 is 1.69 bits per heavy atom. The fourth-order valence-corrected chi connectivity index (χ4v) is 2.53. The van der Waals surface area contributed by atoms with Gasteiger partial charge in [0.15, 0.2) is 0 Å². The first kappa shape index (κ1) is 12.9. The lowest BCUT2D eigenvalue weighted by Gasteiger charge is -2.08. The zero-order chi connectivity index (χ0) is 12.3. The second-order valence-corrected chi connectivity index (χ2v) is 5.60. The predicted molar refractivity (Wildman–Crippen MR) is 66.8 cm³/mol. The third kappa shape index (κ3) is 2.92. The summed E-state index contributed by atoms with van der Waals surface area (Å²) in [6.07, 6.45) is 1.97. The smallest absolute Gasteiger partial charge is 0.233 e. The fourth-order valence-electron chi connectivity index (χ4n) is 1.21. The van der Waals surface area contributed by atoms with Gasteiger partial charge in [-0.2, -0.15) is 5.10 Å². The molecule has 1 rings (SSSR count). The van der Waals surface area contributed by atoms with E-state index in [9.17, 15) is 8.42 Å². The number of anilines is 1. The van der Waals surface area contributed by atoms with Crippen LogP contribution in [-0.2, 0) is 17.1 Å². The zero-order valence-electron chi connectivity index (χ0n) is 9.10. The van der Waals surface area contributed by atoms with Crippen LogP contribution in [0.3, 0.4) is 0 Å². The van der Waals surface area contributed by atoms with E-state index >= 15 is 0 Å². The van der Waals surface area contributed by atoms with Gasteiger partial charge in [-0.25, -0.2) is 8.42 Å². The molecule has 0 aliphatic carbocycles. The van der Waals surface area contributed by atoms with Crippen molar-refractivity contribution in [1.82, 2.24) is 9.78 Å². The highest BCUT2D eigenvalue weighted by Crippen LogP contribution is 2.15. The molecule has 3 N–H and O–H groups in total. The quantitative estimate of drug-likeness (QED) is 0.740. The Labute approximate surface area is 99.9 Å². The van der Waals surface area contributed by atoms with E-state index < -0.39 is 10.0 Å². The van der Waals surface area contributed by atoms with Crippen molar-refractivity contribution in [3.63, 3.8) is 0 Å². The maximum absolute atomic E-state index is 11.6. The molecule has 0 amide bonds. The Bertz CT molecular complexity index is 492. The Morgan fingerprint density at radius 2 is 2.31 bits per heavy atom. The Kier molecular flexibility index (Phi) is 3.87. The Hall–Kier alpha value is -1.15. The monoisotopic (exact) mass is 262 g/mol. The molecule has 0 aliphatic rings. The van der Waals surface area contributed by atoms with E-state index in [0.29, 0.717) is 17.8 Å². The summed E-state index contributed by atoms with van der Waals surface area (Å²) in [5.74, 6) is 0.357. The average molecular weight is 262 g/mol. The molecule has 90 valence electrons. The minimum Gasteiger partial charge on any atom is -0.389 e. The summed E-state index contributed by atoms with van der Waals surface area (Å²) < 4.78 is 27.0. The summed E-state index contributed by atoms with van der Waals surface area (Å²) in [5, 5.41) is 3.90. The van der Waals surface area contributed by atoms with E-state index in [-0.39, 0.29) is 10.7 Å². The minimum absolute atomic E-state index is 0.0505. The van der Waals surface area contributed by atoms with Crippen LogP contribution >= 0.6 is 12.2 Å². The van der Waals surface area contributed by atoms with Gasteiger partial charge in [-0.15, -0.1) is 0 Å². The van der Waals surface area contributed by atoms with Crippen molar-refractivity contribution >= 4 is 33.0 Å². The normalized spacial score (nSPS) is 11.4. The lowest BCUT2D eigenvalue weighted by Crippen LogP contribution is -2.21. The molecule has 0 unspecified atom stereocenters. The minimum atomic E-state index is -3.36. The standard InChI is InChI=1S/C8H14N4O2S2/c1-3-4-16(13,14)11-8-6(7(9)15)5-10-12(8)2/h5,11H,3-4H2,1-2H3,(H2,9,15). The Morgan fingerprint density at radius 3 is 2.81 bits per heavy atom. The third-order valence-corrected chi connectivity index (χ3v) is 3.60. The molecule has 0 radical (unpaired) electrons. The molecule has 0 saturated heterocycles. The molecule has 0 bridgehead atoms. The SMILES string of the molecule is CCCS(=O)(=O)Nc1c(C(N)=S)cnn1C. The van der Waals surface area contributed by atoms with Crippen LogP contribution in [0.4, 0.5) is 5.82 Å². The highest BCUT2D eigenvalue weighted by molar-refractivity contribution is 7.92. The van der Waals surface area contributed by atoms with Crippen molar-refractivity contribution in [2.24, 2.45) is 12.8 Å². The van der Waals surface area contributed by atoms with Crippen LogP contribution in [0.2, 0.25) is 0 Å². The number of aryl methyl sites for hydroxylation is 1. The first-order chi connectivity index (χ1) is 7.37. The molecule has 1 aromatic rings. The second-order valence-electron chi connectivity index (χ2n) is 3.32. The number of hydrogen-bond donors (Lipinski definition) is 2. The molecule has 6 nitrogen and oxygen atoms in total. The van der Waals surface area contributed by atoms with Gasteiger partial charge in [-0.1, -0.05) is 19.1 Å². The maximum Gasteiger partial charge on any atom is 0.233 e. The summed E-state index contributed by atoms with van der Waals surface area (Å²) in [6.45, 7) is 1.79. The largest absolute Gasteiger partial charge is 0.389 e. The molecule has 0 atom stereocenters. The second kappa shape index (κ2) is 4.79. The number of nitrogens with one attached hydrogen (secondary N) is 1. The van der Waals surface area contributed by atoms with Crippen LogP contribution in [-0.4, -0.2) is 28.9 Å². The van der Waals surface area contributed by atoms with E-state index in [0.717, 1.165) is 0 Å². The molecular formula is C8H14N4O2S2. The number of aromatic nitrogens is 2. The van der Waals surface area contributed by atoms with Crippen molar-refractivity contribution in [1.29, 1.82) is 0 Å². The van der Waals surface area contributed by atoms with Crippen LogP contribution in [0.15, 0.2) is 6.20 Å². The van der Waals surface area contributed by atoms with Gasteiger partial charge in [0.25, 0.3) is 0 Å². The summed E-state index contributed by atoms with van der Waals surface area (Å²) >= 11 is 4.81. The van der Waals surface area contributed by atoms with Gasteiger partial charge in [0, 0.05) is 7.05 Å². The number of rotatable bonds is 5. The van der Waals surface area contributed by atoms with E-state index in [1.165, 1.54) is 10.9 Å². The van der Waals surface area contributed by atoms with Gasteiger partial charge >= 0.3 is 0 Å². The first-order valence-corrected chi connectivity index (χ1v) is 6.75. The number of nitrogens with zero attached hydrogens (tertiary/aromatic N) is 2. The highest BCUT2D eigenvalue weighted by Gasteiger charge is 2.16. The summed E-state index contributed by atoms with van der Waals surface area (Å²) in [4.78, 5) is 0.113. The molecule has 1 heterocycles. The third-order valence-electron chi connectivity index (χ3n) is 1.93. The van der Waals surface area contributed by atoms with Crippen molar-refractivity contribution in [2.45, 2.75) is 13.3 Å². The zero-order valence-corrected chi connectivity index (χ0v) is 10.7. The molecule has 1 aromatic heterocycles. The number of sulfonamides is 1. The predicted octanol–water partition coefficient (Wildman–Crippen LogP) is 0.206. The van der Waals surface area contributed by atoms with Crippen LogP contribution in [0.25, 0.3) is 0 Å². The van der Waals surface area contributed by atoms with E-state index in [4.69, 9.17) is 18.0 Å². The molecule has 0 aromatic carbocycles. The van der Waals surface area contributed by atoms with E-state index in [2.05, 4.69) is 9.82 Å².